The quantitative estimate of drug-likeness (QED) is 0.896. The highest BCUT2D eigenvalue weighted by molar-refractivity contribution is 5.73. The van der Waals surface area contributed by atoms with Gasteiger partial charge in [0, 0.05) is 12.6 Å². The maximum atomic E-state index is 13.4. The molecule has 0 saturated heterocycles. The molecule has 1 aromatic carbocycles. The number of hydrogen-bond acceptors (Lipinski definition) is 3. The minimum Gasteiger partial charge on any atom is -0.494 e. The molecule has 1 heterocycles. The summed E-state index contributed by atoms with van der Waals surface area (Å²) >= 11 is 0. The van der Waals surface area contributed by atoms with Gasteiger partial charge in [-0.25, -0.2) is 9.18 Å². The highest BCUT2D eigenvalue weighted by atomic mass is 19.1. The van der Waals surface area contributed by atoms with Crippen LogP contribution in [0.2, 0.25) is 0 Å². The molecule has 1 aromatic heterocycles. The van der Waals surface area contributed by atoms with Gasteiger partial charge in [0.2, 0.25) is 0 Å². The predicted octanol–water partition coefficient (Wildman–Crippen LogP) is 1.56. The number of primary amides is 1. The molecule has 0 aliphatic rings. The van der Waals surface area contributed by atoms with Crippen molar-refractivity contribution in [3.8, 4) is 5.75 Å². The lowest BCUT2D eigenvalue weighted by Gasteiger charge is -2.03. The van der Waals surface area contributed by atoms with E-state index in [1.54, 1.807) is 12.5 Å². The second kappa shape index (κ2) is 4.87. The molecule has 0 aliphatic carbocycles. The SMILES string of the molecule is COc1ccc([CH]c2cnn(C(N)=O)c2)cc1F. The molecule has 5 nitrogen and oxygen atoms in total. The summed E-state index contributed by atoms with van der Waals surface area (Å²) in [6, 6.07) is 3.89. The Labute approximate surface area is 103 Å². The van der Waals surface area contributed by atoms with Crippen LogP contribution in [0, 0.1) is 12.2 Å². The fourth-order valence-corrected chi connectivity index (χ4v) is 1.50. The van der Waals surface area contributed by atoms with E-state index in [-0.39, 0.29) is 5.75 Å². The third kappa shape index (κ3) is 2.48. The molecule has 93 valence electrons. The minimum atomic E-state index is -0.671. The molecule has 0 aliphatic heterocycles. The first kappa shape index (κ1) is 12.1. The standard InChI is InChI=1S/C12H11FN3O2/c1-18-11-3-2-8(5-10(11)13)4-9-6-15-16(7-9)12(14)17/h2-7H,1H3,(H2,14,17). The van der Waals surface area contributed by atoms with Gasteiger partial charge in [0.1, 0.15) is 0 Å². The van der Waals surface area contributed by atoms with Crippen LogP contribution in [0.3, 0.4) is 0 Å². The molecule has 0 fully saturated rings. The van der Waals surface area contributed by atoms with Crippen molar-refractivity contribution in [1.82, 2.24) is 9.78 Å². The van der Waals surface area contributed by atoms with E-state index in [0.717, 1.165) is 4.68 Å². The van der Waals surface area contributed by atoms with Crippen LogP contribution in [-0.2, 0) is 0 Å². The third-order valence-corrected chi connectivity index (χ3v) is 2.34. The summed E-state index contributed by atoms with van der Waals surface area (Å²) in [6.45, 7) is 0. The monoisotopic (exact) mass is 248 g/mol. The Morgan fingerprint density at radius 1 is 1.50 bits per heavy atom. The van der Waals surface area contributed by atoms with E-state index < -0.39 is 11.8 Å². The van der Waals surface area contributed by atoms with Gasteiger partial charge >= 0.3 is 6.03 Å². The van der Waals surface area contributed by atoms with Crippen molar-refractivity contribution in [3.63, 3.8) is 0 Å². The summed E-state index contributed by atoms with van der Waals surface area (Å²) in [4.78, 5) is 10.8. The maximum Gasteiger partial charge on any atom is 0.339 e. The predicted molar refractivity (Wildman–Crippen MR) is 62.7 cm³/mol. The number of nitrogens with two attached hydrogens (primary N) is 1. The van der Waals surface area contributed by atoms with Crippen molar-refractivity contribution < 1.29 is 13.9 Å². The molecule has 0 unspecified atom stereocenters. The summed E-state index contributed by atoms with van der Waals surface area (Å²) in [5.74, 6) is -0.270. The van der Waals surface area contributed by atoms with Crippen molar-refractivity contribution in [2.24, 2.45) is 5.73 Å². The van der Waals surface area contributed by atoms with Crippen LogP contribution in [0.5, 0.6) is 5.75 Å². The van der Waals surface area contributed by atoms with E-state index in [9.17, 15) is 9.18 Å². The number of ether oxygens (including phenoxy) is 1. The van der Waals surface area contributed by atoms with E-state index >= 15 is 0 Å². The van der Waals surface area contributed by atoms with Crippen molar-refractivity contribution in [2.45, 2.75) is 0 Å². The number of carbonyl (C=O) groups excluding carboxylic acids is 1. The first-order valence-corrected chi connectivity index (χ1v) is 5.13. The maximum absolute atomic E-state index is 13.4. The van der Waals surface area contributed by atoms with Gasteiger partial charge in [-0.2, -0.15) is 9.78 Å². The Hall–Kier alpha value is -2.37. The fourth-order valence-electron chi connectivity index (χ4n) is 1.50. The molecule has 2 N–H and O–H groups in total. The number of halogens is 1. The van der Waals surface area contributed by atoms with Gasteiger partial charge in [-0.05, 0) is 23.3 Å². The molecule has 1 radical (unpaired) electrons. The molecule has 2 aromatic rings. The zero-order chi connectivity index (χ0) is 13.1. The molecule has 0 saturated carbocycles. The van der Waals surface area contributed by atoms with Crippen molar-refractivity contribution in [2.75, 3.05) is 7.11 Å². The zero-order valence-corrected chi connectivity index (χ0v) is 9.63. The topological polar surface area (TPSA) is 70.1 Å². The van der Waals surface area contributed by atoms with Crippen LogP contribution < -0.4 is 10.5 Å². The summed E-state index contributed by atoms with van der Waals surface area (Å²) in [5, 5.41) is 3.76. The average molecular weight is 248 g/mol. The first-order valence-electron chi connectivity index (χ1n) is 5.13. The molecule has 2 rings (SSSR count). The Morgan fingerprint density at radius 3 is 2.83 bits per heavy atom. The third-order valence-electron chi connectivity index (χ3n) is 2.34. The Bertz CT molecular complexity index is 580. The van der Waals surface area contributed by atoms with Gasteiger partial charge in [0.25, 0.3) is 0 Å². The zero-order valence-electron chi connectivity index (χ0n) is 9.63. The van der Waals surface area contributed by atoms with Gasteiger partial charge < -0.3 is 10.5 Å². The summed E-state index contributed by atoms with van der Waals surface area (Å²) in [7, 11) is 1.40. The van der Waals surface area contributed by atoms with Gasteiger partial charge in [0.05, 0.1) is 13.3 Å². The Kier molecular flexibility index (Phi) is 3.27. The minimum absolute atomic E-state index is 0.181. The van der Waals surface area contributed by atoms with Gasteiger partial charge in [0.15, 0.2) is 11.6 Å². The van der Waals surface area contributed by atoms with Crippen LogP contribution in [0.15, 0.2) is 30.6 Å². The smallest absolute Gasteiger partial charge is 0.339 e. The average Bonchev–Trinajstić information content (AvgIpc) is 2.78. The number of carbonyl (C=O) groups is 1. The summed E-state index contributed by atoms with van der Waals surface area (Å²) < 4.78 is 19.3. The second-order valence-electron chi connectivity index (χ2n) is 3.59. The second-order valence-corrected chi connectivity index (χ2v) is 3.59. The van der Waals surface area contributed by atoms with Crippen LogP contribution in [0.4, 0.5) is 9.18 Å². The molecular weight excluding hydrogens is 237 g/mol. The molecule has 18 heavy (non-hydrogen) atoms. The van der Waals surface area contributed by atoms with Crippen LogP contribution in [0.1, 0.15) is 11.1 Å². The Morgan fingerprint density at radius 2 is 2.28 bits per heavy atom. The van der Waals surface area contributed by atoms with Crippen LogP contribution in [0.25, 0.3) is 0 Å². The van der Waals surface area contributed by atoms with Crippen LogP contribution in [-0.4, -0.2) is 22.9 Å². The van der Waals surface area contributed by atoms with Crippen molar-refractivity contribution in [1.29, 1.82) is 0 Å². The summed E-state index contributed by atoms with van der Waals surface area (Å²) in [6.07, 6.45) is 4.60. The molecule has 0 spiro atoms. The molecule has 0 bridgehead atoms. The number of rotatable bonds is 3. The number of nitrogens with zero attached hydrogens (tertiary/aromatic N) is 2. The molecule has 0 atom stereocenters. The number of hydrogen-bond donors (Lipinski definition) is 1. The Balaban J connectivity index is 2.18. The number of methoxy groups -OCH3 is 1. The number of aromatic nitrogens is 2. The number of amides is 1. The largest absolute Gasteiger partial charge is 0.494 e. The van der Waals surface area contributed by atoms with E-state index in [1.807, 2.05) is 0 Å². The highest BCUT2D eigenvalue weighted by Crippen LogP contribution is 2.20. The molecular formula is C12H11FN3O2. The van der Waals surface area contributed by atoms with E-state index in [0.29, 0.717) is 11.1 Å². The van der Waals surface area contributed by atoms with Crippen LogP contribution >= 0.6 is 0 Å². The van der Waals surface area contributed by atoms with Crippen molar-refractivity contribution in [3.05, 3.63) is 54.0 Å². The normalized spacial score (nSPS) is 10.3. The molecule has 1 amide bonds. The lowest BCUT2D eigenvalue weighted by atomic mass is 10.1. The number of benzene rings is 1. The van der Waals surface area contributed by atoms with Gasteiger partial charge in [-0.1, -0.05) is 6.07 Å². The highest BCUT2D eigenvalue weighted by Gasteiger charge is 2.07. The first-order chi connectivity index (χ1) is 8.60. The lowest BCUT2D eigenvalue weighted by molar-refractivity contribution is 0.247. The summed E-state index contributed by atoms with van der Waals surface area (Å²) in [5.41, 5.74) is 6.34. The van der Waals surface area contributed by atoms with E-state index in [2.05, 4.69) is 5.10 Å². The molecule has 6 heteroatoms. The fraction of sp³-hybridized carbons (Fsp3) is 0.0833. The lowest BCUT2D eigenvalue weighted by Crippen LogP contribution is -2.19. The van der Waals surface area contributed by atoms with Gasteiger partial charge in [-0.15, -0.1) is 0 Å². The van der Waals surface area contributed by atoms with Gasteiger partial charge in [-0.3, -0.25) is 0 Å². The van der Waals surface area contributed by atoms with Crippen molar-refractivity contribution >= 4 is 6.03 Å². The van der Waals surface area contributed by atoms with E-state index in [4.69, 9.17) is 10.5 Å². The van der Waals surface area contributed by atoms with E-state index in [1.165, 1.54) is 31.6 Å².